The molecule has 19 heavy (non-hydrogen) atoms. The van der Waals surface area contributed by atoms with E-state index in [2.05, 4.69) is 26.1 Å². The maximum Gasteiger partial charge on any atom is 0.120 e. The van der Waals surface area contributed by atoms with Crippen LogP contribution in [0, 0.1) is 6.92 Å². The molecule has 106 valence electrons. The van der Waals surface area contributed by atoms with Crippen LogP contribution in [0.3, 0.4) is 0 Å². The summed E-state index contributed by atoms with van der Waals surface area (Å²) in [4.78, 5) is 0. The van der Waals surface area contributed by atoms with Gasteiger partial charge >= 0.3 is 0 Å². The Labute approximate surface area is 117 Å². The van der Waals surface area contributed by atoms with E-state index in [1.165, 1.54) is 11.1 Å². The number of aromatic hydroxyl groups is 1. The molecule has 2 N–H and O–H groups in total. The monoisotopic (exact) mass is 281 g/mol. The van der Waals surface area contributed by atoms with Crippen molar-refractivity contribution < 1.29 is 9.32 Å². The molecule has 3 nitrogen and oxygen atoms in total. The van der Waals surface area contributed by atoms with Gasteiger partial charge in [0.05, 0.1) is 0 Å². The summed E-state index contributed by atoms with van der Waals surface area (Å²) < 4.78 is 11.3. The van der Waals surface area contributed by atoms with Gasteiger partial charge < -0.3 is 10.4 Å². The number of fused-ring (bicyclic) bond motifs is 1. The average Bonchev–Trinajstić information content (AvgIpc) is 2.61. The van der Waals surface area contributed by atoms with E-state index in [1.54, 1.807) is 12.3 Å². The molecule has 2 rings (SSSR count). The third-order valence-corrected chi connectivity index (χ3v) is 4.85. The zero-order valence-corrected chi connectivity index (χ0v) is 12.9. The van der Waals surface area contributed by atoms with Crippen LogP contribution in [-0.2, 0) is 10.8 Å². The van der Waals surface area contributed by atoms with E-state index in [1.807, 2.05) is 6.07 Å². The van der Waals surface area contributed by atoms with Gasteiger partial charge in [-0.3, -0.25) is 4.21 Å². The number of rotatable bonds is 4. The fraction of sp³-hybridized carbons (Fsp3) is 0.600. The van der Waals surface area contributed by atoms with Crippen molar-refractivity contribution in [1.29, 1.82) is 0 Å². The smallest absolute Gasteiger partial charge is 0.120 e. The average molecular weight is 281 g/mol. The van der Waals surface area contributed by atoms with Crippen LogP contribution in [0.5, 0.6) is 5.75 Å². The van der Waals surface area contributed by atoms with Crippen LogP contribution in [0.15, 0.2) is 12.1 Å². The lowest BCUT2D eigenvalue weighted by Crippen LogP contribution is -2.33. The Hall–Kier alpha value is -0.870. The van der Waals surface area contributed by atoms with Gasteiger partial charge in [0.25, 0.3) is 0 Å². The second kappa shape index (κ2) is 5.63. The number of aryl methyl sites for hydroxylation is 1. The van der Waals surface area contributed by atoms with E-state index in [-0.39, 0.29) is 12.1 Å². The molecule has 4 heteroatoms. The second-order valence-corrected chi connectivity index (χ2v) is 7.21. The molecular formula is C15H23NO2S. The quantitative estimate of drug-likeness (QED) is 0.892. The van der Waals surface area contributed by atoms with Crippen LogP contribution in [0.1, 0.15) is 48.9 Å². The van der Waals surface area contributed by atoms with Gasteiger partial charge in [-0.25, -0.2) is 0 Å². The van der Waals surface area contributed by atoms with Gasteiger partial charge in [0.1, 0.15) is 5.75 Å². The molecule has 4 unspecified atom stereocenters. The standard InChI is InChI=1S/C15H23NO2S/c1-9-5-6-13(17)15-12(7-10(2)14(9)15)16-11(3)8-19(4)18/h5-6,10-12,16-17H,7-8H2,1-4H3. The minimum atomic E-state index is -0.797. The second-order valence-electron chi connectivity index (χ2n) is 5.73. The lowest BCUT2D eigenvalue weighted by Gasteiger charge is -2.20. The fourth-order valence-corrected chi connectivity index (χ4v) is 4.04. The maximum absolute atomic E-state index is 11.3. The van der Waals surface area contributed by atoms with Gasteiger partial charge in [0.2, 0.25) is 0 Å². The van der Waals surface area contributed by atoms with Crippen molar-refractivity contribution in [3.8, 4) is 5.75 Å². The van der Waals surface area contributed by atoms with E-state index >= 15 is 0 Å². The zero-order valence-electron chi connectivity index (χ0n) is 12.1. The van der Waals surface area contributed by atoms with Crippen molar-refractivity contribution in [2.45, 2.75) is 45.2 Å². The van der Waals surface area contributed by atoms with Crippen molar-refractivity contribution >= 4 is 10.8 Å². The molecule has 1 aromatic rings. The van der Waals surface area contributed by atoms with E-state index in [0.717, 1.165) is 12.0 Å². The highest BCUT2D eigenvalue weighted by atomic mass is 32.2. The van der Waals surface area contributed by atoms with Crippen molar-refractivity contribution in [2.24, 2.45) is 0 Å². The SMILES string of the molecule is Cc1ccc(O)c2c1C(C)CC2NC(C)CS(C)=O. The fourth-order valence-electron chi connectivity index (χ4n) is 3.24. The summed E-state index contributed by atoms with van der Waals surface area (Å²) in [7, 11) is -0.797. The van der Waals surface area contributed by atoms with Gasteiger partial charge in [-0.05, 0) is 43.4 Å². The lowest BCUT2D eigenvalue weighted by atomic mass is 9.97. The molecule has 1 aliphatic carbocycles. The molecule has 0 saturated heterocycles. The summed E-state index contributed by atoms with van der Waals surface area (Å²) >= 11 is 0. The van der Waals surface area contributed by atoms with Crippen LogP contribution in [-0.4, -0.2) is 27.4 Å². The maximum atomic E-state index is 11.3. The highest BCUT2D eigenvalue weighted by Crippen LogP contribution is 2.46. The summed E-state index contributed by atoms with van der Waals surface area (Å²) in [6, 6.07) is 4.12. The third-order valence-electron chi connectivity index (χ3n) is 3.88. The summed E-state index contributed by atoms with van der Waals surface area (Å²) in [5, 5.41) is 13.7. The molecule has 0 aliphatic heterocycles. The Morgan fingerprint density at radius 2 is 2.16 bits per heavy atom. The normalized spacial score (nSPS) is 25.1. The first kappa shape index (κ1) is 14.5. The highest BCUT2D eigenvalue weighted by Gasteiger charge is 2.32. The Kier molecular flexibility index (Phi) is 4.31. The summed E-state index contributed by atoms with van der Waals surface area (Å²) in [6.07, 6.45) is 2.72. The van der Waals surface area contributed by atoms with Crippen LogP contribution in [0.4, 0.5) is 0 Å². The largest absolute Gasteiger partial charge is 0.508 e. The number of phenolic OH excluding ortho intramolecular Hbond substituents is 1. The number of hydrogen-bond acceptors (Lipinski definition) is 3. The predicted molar refractivity (Wildman–Crippen MR) is 80.1 cm³/mol. The molecule has 0 bridgehead atoms. The number of nitrogens with one attached hydrogen (secondary N) is 1. The molecule has 1 aromatic carbocycles. The molecule has 0 spiro atoms. The summed E-state index contributed by atoms with van der Waals surface area (Å²) in [6.45, 7) is 6.36. The summed E-state index contributed by atoms with van der Waals surface area (Å²) in [5.74, 6) is 1.48. The number of benzene rings is 1. The Balaban J connectivity index is 2.24. The topological polar surface area (TPSA) is 49.3 Å². The minimum absolute atomic E-state index is 0.170. The van der Waals surface area contributed by atoms with Gasteiger partial charge in [-0.2, -0.15) is 0 Å². The molecule has 4 atom stereocenters. The van der Waals surface area contributed by atoms with Gasteiger partial charge in [-0.15, -0.1) is 0 Å². The Morgan fingerprint density at radius 3 is 2.79 bits per heavy atom. The van der Waals surface area contributed by atoms with E-state index in [9.17, 15) is 9.32 Å². The molecule has 0 heterocycles. The summed E-state index contributed by atoms with van der Waals surface area (Å²) in [5.41, 5.74) is 3.57. The Morgan fingerprint density at radius 1 is 1.47 bits per heavy atom. The number of hydrogen-bond donors (Lipinski definition) is 2. The Bertz CT molecular complexity index is 501. The van der Waals surface area contributed by atoms with Crippen molar-refractivity contribution in [1.82, 2.24) is 5.32 Å². The number of phenols is 1. The van der Waals surface area contributed by atoms with Gasteiger partial charge in [0.15, 0.2) is 0 Å². The predicted octanol–water partition coefficient (Wildman–Crippen LogP) is 2.61. The molecule has 1 aliphatic rings. The zero-order chi connectivity index (χ0) is 14.2. The van der Waals surface area contributed by atoms with Gasteiger partial charge in [0, 0.05) is 40.5 Å². The first-order valence-corrected chi connectivity index (χ1v) is 8.51. The van der Waals surface area contributed by atoms with Crippen molar-refractivity contribution in [2.75, 3.05) is 12.0 Å². The van der Waals surface area contributed by atoms with Crippen molar-refractivity contribution in [3.63, 3.8) is 0 Å². The third kappa shape index (κ3) is 3.00. The molecule has 0 aromatic heterocycles. The molecule has 0 amide bonds. The molecule has 0 radical (unpaired) electrons. The van der Waals surface area contributed by atoms with Gasteiger partial charge in [-0.1, -0.05) is 13.0 Å². The minimum Gasteiger partial charge on any atom is -0.508 e. The highest BCUT2D eigenvalue weighted by molar-refractivity contribution is 7.84. The van der Waals surface area contributed by atoms with E-state index < -0.39 is 10.8 Å². The lowest BCUT2D eigenvalue weighted by molar-refractivity contribution is 0.428. The van der Waals surface area contributed by atoms with Crippen LogP contribution in [0.25, 0.3) is 0 Å². The van der Waals surface area contributed by atoms with Crippen LogP contribution >= 0.6 is 0 Å². The first-order valence-electron chi connectivity index (χ1n) is 6.78. The molecule has 0 fully saturated rings. The van der Waals surface area contributed by atoms with Crippen molar-refractivity contribution in [3.05, 3.63) is 28.8 Å². The van der Waals surface area contributed by atoms with E-state index in [4.69, 9.17) is 0 Å². The van der Waals surface area contributed by atoms with Crippen LogP contribution < -0.4 is 5.32 Å². The molecule has 0 saturated carbocycles. The van der Waals surface area contributed by atoms with Crippen LogP contribution in [0.2, 0.25) is 0 Å². The van der Waals surface area contributed by atoms with E-state index in [0.29, 0.717) is 17.4 Å². The first-order chi connectivity index (χ1) is 8.90. The molecular weight excluding hydrogens is 258 g/mol.